The maximum Gasteiger partial charge on any atom is 0.223 e. The second kappa shape index (κ2) is 5.10. The maximum atomic E-state index is 5.71. The lowest BCUT2D eigenvalue weighted by atomic mass is 10.4. The predicted octanol–water partition coefficient (Wildman–Crippen LogP) is 2.90. The van der Waals surface area contributed by atoms with Gasteiger partial charge in [0.25, 0.3) is 0 Å². The van der Waals surface area contributed by atoms with E-state index in [2.05, 4.69) is 27.2 Å². The lowest BCUT2D eigenvalue weighted by Gasteiger charge is -2.05. The van der Waals surface area contributed by atoms with Crippen molar-refractivity contribution in [1.82, 2.24) is 15.0 Å². The SMILES string of the molecule is CCc1cnc(CNc2nc(N)nc3sccc23)s1. The van der Waals surface area contributed by atoms with Gasteiger partial charge in [0.2, 0.25) is 5.95 Å². The Morgan fingerprint density at radius 2 is 2.26 bits per heavy atom. The van der Waals surface area contributed by atoms with Crippen molar-refractivity contribution in [3.05, 3.63) is 27.5 Å². The number of fused-ring (bicyclic) bond motifs is 1. The van der Waals surface area contributed by atoms with Crippen LogP contribution in [0.3, 0.4) is 0 Å². The van der Waals surface area contributed by atoms with Gasteiger partial charge in [-0.3, -0.25) is 0 Å². The second-order valence-corrected chi connectivity index (χ2v) is 6.09. The van der Waals surface area contributed by atoms with Gasteiger partial charge >= 0.3 is 0 Å². The zero-order valence-corrected chi connectivity index (χ0v) is 12.0. The molecule has 0 saturated carbocycles. The molecule has 3 N–H and O–H groups in total. The number of nitrogen functional groups attached to an aromatic ring is 1. The van der Waals surface area contributed by atoms with E-state index in [0.717, 1.165) is 27.5 Å². The van der Waals surface area contributed by atoms with Crippen molar-refractivity contribution in [2.24, 2.45) is 0 Å². The summed E-state index contributed by atoms with van der Waals surface area (Å²) in [5, 5.41) is 7.34. The molecule has 3 rings (SSSR count). The molecule has 0 saturated heterocycles. The van der Waals surface area contributed by atoms with Gasteiger partial charge in [-0.1, -0.05) is 6.92 Å². The Kier molecular flexibility index (Phi) is 3.31. The molecule has 0 bridgehead atoms. The third kappa shape index (κ3) is 2.52. The molecule has 0 atom stereocenters. The summed E-state index contributed by atoms with van der Waals surface area (Å²) in [4.78, 5) is 15.0. The van der Waals surface area contributed by atoms with E-state index in [-0.39, 0.29) is 0 Å². The molecule has 5 nitrogen and oxygen atoms in total. The summed E-state index contributed by atoms with van der Waals surface area (Å²) in [7, 11) is 0. The molecular weight excluding hydrogens is 278 g/mol. The van der Waals surface area contributed by atoms with Crippen LogP contribution in [0, 0.1) is 0 Å². The molecule has 0 fully saturated rings. The van der Waals surface area contributed by atoms with Gasteiger partial charge in [-0.05, 0) is 17.9 Å². The first kappa shape index (κ1) is 12.3. The van der Waals surface area contributed by atoms with Crippen LogP contribution in [0.2, 0.25) is 0 Å². The first-order valence-corrected chi connectivity index (χ1v) is 7.64. The number of hydrogen-bond donors (Lipinski definition) is 2. The van der Waals surface area contributed by atoms with E-state index in [1.807, 2.05) is 17.6 Å². The lowest BCUT2D eigenvalue weighted by Crippen LogP contribution is -2.04. The van der Waals surface area contributed by atoms with Crippen molar-refractivity contribution in [2.75, 3.05) is 11.1 Å². The molecule has 19 heavy (non-hydrogen) atoms. The Hall–Kier alpha value is -1.73. The number of nitrogens with two attached hydrogens (primary N) is 1. The topological polar surface area (TPSA) is 76.7 Å². The van der Waals surface area contributed by atoms with Crippen molar-refractivity contribution in [2.45, 2.75) is 19.9 Å². The molecule has 0 unspecified atom stereocenters. The fraction of sp³-hybridized carbons (Fsp3) is 0.250. The van der Waals surface area contributed by atoms with Crippen molar-refractivity contribution < 1.29 is 0 Å². The summed E-state index contributed by atoms with van der Waals surface area (Å²) in [6.07, 6.45) is 2.95. The standard InChI is InChI=1S/C12H13N5S2/c1-2-7-5-14-9(19-7)6-15-10-8-3-4-18-11(8)17-12(13)16-10/h3-5H,2,6H2,1H3,(H3,13,15,16,17). The highest BCUT2D eigenvalue weighted by Gasteiger charge is 2.08. The Morgan fingerprint density at radius 3 is 3.05 bits per heavy atom. The van der Waals surface area contributed by atoms with Crippen LogP contribution >= 0.6 is 22.7 Å². The molecule has 3 aromatic heterocycles. The number of rotatable bonds is 4. The molecule has 3 aromatic rings. The summed E-state index contributed by atoms with van der Waals surface area (Å²) in [5.41, 5.74) is 5.71. The number of thiophene rings is 1. The smallest absolute Gasteiger partial charge is 0.223 e. The molecule has 0 aliphatic rings. The monoisotopic (exact) mass is 291 g/mol. The maximum absolute atomic E-state index is 5.71. The Bertz CT molecular complexity index is 703. The average Bonchev–Trinajstić information content (AvgIpc) is 3.03. The van der Waals surface area contributed by atoms with E-state index in [0.29, 0.717) is 12.5 Å². The van der Waals surface area contributed by atoms with Crippen molar-refractivity contribution in [1.29, 1.82) is 0 Å². The minimum absolute atomic E-state index is 0.297. The number of thiazole rings is 1. The van der Waals surface area contributed by atoms with Crippen molar-refractivity contribution in [3.63, 3.8) is 0 Å². The highest BCUT2D eigenvalue weighted by Crippen LogP contribution is 2.26. The van der Waals surface area contributed by atoms with E-state index in [1.54, 1.807) is 22.7 Å². The van der Waals surface area contributed by atoms with Gasteiger partial charge in [0.05, 0.1) is 11.9 Å². The molecule has 3 heterocycles. The summed E-state index contributed by atoms with van der Waals surface area (Å²) >= 11 is 3.28. The fourth-order valence-corrected chi connectivity index (χ4v) is 3.33. The number of aryl methyl sites for hydroxylation is 1. The number of nitrogens with one attached hydrogen (secondary N) is 1. The number of hydrogen-bond acceptors (Lipinski definition) is 7. The molecule has 0 amide bonds. The van der Waals surface area contributed by atoms with Gasteiger partial charge in [-0.15, -0.1) is 22.7 Å². The van der Waals surface area contributed by atoms with Gasteiger partial charge in [0, 0.05) is 11.1 Å². The van der Waals surface area contributed by atoms with Crippen molar-refractivity contribution in [3.8, 4) is 0 Å². The first-order chi connectivity index (χ1) is 9.26. The zero-order valence-electron chi connectivity index (χ0n) is 10.4. The second-order valence-electron chi connectivity index (χ2n) is 4.00. The summed E-state index contributed by atoms with van der Waals surface area (Å²) in [6, 6.07) is 2.00. The van der Waals surface area contributed by atoms with Gasteiger partial charge in [0.1, 0.15) is 15.7 Å². The first-order valence-electron chi connectivity index (χ1n) is 5.94. The van der Waals surface area contributed by atoms with Crippen LogP contribution in [0.5, 0.6) is 0 Å². The summed E-state index contributed by atoms with van der Waals surface area (Å²) in [5.74, 6) is 1.07. The predicted molar refractivity (Wildman–Crippen MR) is 80.6 cm³/mol. The fourth-order valence-electron chi connectivity index (χ4n) is 1.76. The third-order valence-corrected chi connectivity index (χ3v) is 4.65. The highest BCUT2D eigenvalue weighted by molar-refractivity contribution is 7.16. The lowest BCUT2D eigenvalue weighted by molar-refractivity contribution is 1.07. The molecule has 7 heteroatoms. The van der Waals surface area contributed by atoms with Crippen LogP contribution in [0.25, 0.3) is 10.2 Å². The van der Waals surface area contributed by atoms with Crippen LogP contribution in [0.15, 0.2) is 17.6 Å². The number of anilines is 2. The molecule has 0 aliphatic carbocycles. The van der Waals surface area contributed by atoms with E-state index in [4.69, 9.17) is 5.73 Å². The highest BCUT2D eigenvalue weighted by atomic mass is 32.1. The molecule has 0 radical (unpaired) electrons. The normalized spacial score (nSPS) is 11.0. The van der Waals surface area contributed by atoms with Gasteiger partial charge in [-0.2, -0.15) is 4.98 Å². The Balaban J connectivity index is 1.83. The third-order valence-electron chi connectivity index (χ3n) is 2.70. The van der Waals surface area contributed by atoms with Crippen LogP contribution in [0.1, 0.15) is 16.8 Å². The van der Waals surface area contributed by atoms with E-state index in [1.165, 1.54) is 4.88 Å². The average molecular weight is 291 g/mol. The summed E-state index contributed by atoms with van der Waals surface area (Å²) < 4.78 is 0. The minimum Gasteiger partial charge on any atom is -0.368 e. The largest absolute Gasteiger partial charge is 0.368 e. The quantitative estimate of drug-likeness (QED) is 0.773. The van der Waals surface area contributed by atoms with Crippen LogP contribution in [0.4, 0.5) is 11.8 Å². The molecule has 0 spiro atoms. The minimum atomic E-state index is 0.297. The summed E-state index contributed by atoms with van der Waals surface area (Å²) in [6.45, 7) is 2.79. The van der Waals surface area contributed by atoms with Gasteiger partial charge < -0.3 is 11.1 Å². The number of nitrogens with zero attached hydrogens (tertiary/aromatic N) is 3. The van der Waals surface area contributed by atoms with E-state index in [9.17, 15) is 0 Å². The van der Waals surface area contributed by atoms with Crippen LogP contribution in [-0.2, 0) is 13.0 Å². The molecular formula is C12H13N5S2. The zero-order chi connectivity index (χ0) is 13.2. The van der Waals surface area contributed by atoms with E-state index < -0.39 is 0 Å². The number of aromatic nitrogens is 3. The van der Waals surface area contributed by atoms with Gasteiger partial charge in [-0.25, -0.2) is 9.97 Å². The van der Waals surface area contributed by atoms with E-state index >= 15 is 0 Å². The van der Waals surface area contributed by atoms with Crippen molar-refractivity contribution >= 4 is 44.7 Å². The van der Waals surface area contributed by atoms with Gasteiger partial charge in [0.15, 0.2) is 0 Å². The van der Waals surface area contributed by atoms with Crippen LogP contribution in [-0.4, -0.2) is 15.0 Å². The molecule has 0 aliphatic heterocycles. The Morgan fingerprint density at radius 1 is 1.37 bits per heavy atom. The van der Waals surface area contributed by atoms with Crippen LogP contribution < -0.4 is 11.1 Å². The molecule has 98 valence electrons. The molecule has 0 aromatic carbocycles. The Labute approximate surface area is 118 Å².